The molecule has 1 fully saturated rings. The molecule has 9 heteroatoms. The van der Waals surface area contributed by atoms with E-state index < -0.39 is 6.04 Å². The maximum atomic E-state index is 13.0. The molecule has 0 spiro atoms. The van der Waals surface area contributed by atoms with Gasteiger partial charge in [-0.25, -0.2) is 4.98 Å². The number of carbonyl (C=O) groups is 3. The van der Waals surface area contributed by atoms with E-state index in [2.05, 4.69) is 15.6 Å². The van der Waals surface area contributed by atoms with Crippen LogP contribution in [0.1, 0.15) is 41.7 Å². The predicted molar refractivity (Wildman–Crippen MR) is 121 cm³/mol. The van der Waals surface area contributed by atoms with Gasteiger partial charge in [-0.2, -0.15) is 0 Å². The maximum absolute atomic E-state index is 13.0. The number of anilines is 1. The third kappa shape index (κ3) is 3.80. The zero-order valence-electron chi connectivity index (χ0n) is 17.5. The summed E-state index contributed by atoms with van der Waals surface area (Å²) in [6.07, 6.45) is 1.79. The molecule has 0 unspecified atom stereocenters. The minimum atomic E-state index is -0.696. The maximum Gasteiger partial charge on any atom is 0.255 e. The number of thiazole rings is 1. The Morgan fingerprint density at radius 2 is 2.03 bits per heavy atom. The Balaban J connectivity index is 1.24. The molecule has 1 aliphatic carbocycles. The lowest BCUT2D eigenvalue weighted by molar-refractivity contribution is -0.127. The smallest absolute Gasteiger partial charge is 0.255 e. The molecule has 3 amide bonds. The average molecular weight is 451 g/mol. The molecular weight excluding hydrogens is 428 g/mol. The quantitative estimate of drug-likeness (QED) is 0.576. The van der Waals surface area contributed by atoms with Crippen LogP contribution in [-0.2, 0) is 9.59 Å². The molecule has 2 N–H and O–H groups in total. The molecule has 5 rings (SSSR count). The number of nitrogens with one attached hydrogen (secondary N) is 2. The summed E-state index contributed by atoms with van der Waals surface area (Å²) in [5, 5.41) is 5.88. The van der Waals surface area contributed by atoms with E-state index in [0.717, 1.165) is 28.8 Å². The zero-order valence-corrected chi connectivity index (χ0v) is 18.3. The fourth-order valence-electron chi connectivity index (χ4n) is 3.98. The van der Waals surface area contributed by atoms with Gasteiger partial charge in [-0.3, -0.25) is 14.4 Å². The second kappa shape index (κ2) is 8.23. The van der Waals surface area contributed by atoms with Crippen LogP contribution in [0, 0.1) is 0 Å². The lowest BCUT2D eigenvalue weighted by atomic mass is 10.0. The van der Waals surface area contributed by atoms with Crippen molar-refractivity contribution in [2.24, 2.45) is 0 Å². The van der Waals surface area contributed by atoms with Gasteiger partial charge in [0.15, 0.2) is 5.13 Å². The lowest BCUT2D eigenvalue weighted by Gasteiger charge is -2.24. The highest BCUT2D eigenvalue weighted by atomic mass is 32.1. The van der Waals surface area contributed by atoms with Crippen molar-refractivity contribution in [3.63, 3.8) is 0 Å². The summed E-state index contributed by atoms with van der Waals surface area (Å²) in [6, 6.07) is 12.1. The van der Waals surface area contributed by atoms with Crippen molar-refractivity contribution in [2.45, 2.75) is 31.8 Å². The van der Waals surface area contributed by atoms with Crippen LogP contribution >= 0.6 is 11.3 Å². The van der Waals surface area contributed by atoms with Gasteiger partial charge in [0, 0.05) is 11.6 Å². The first-order valence-corrected chi connectivity index (χ1v) is 11.4. The highest BCUT2D eigenvalue weighted by molar-refractivity contribution is 7.22. The Morgan fingerprint density at radius 3 is 2.81 bits per heavy atom. The third-order valence-corrected chi connectivity index (χ3v) is 6.46. The van der Waals surface area contributed by atoms with Gasteiger partial charge in [-0.1, -0.05) is 29.5 Å². The summed E-state index contributed by atoms with van der Waals surface area (Å²) < 4.78 is 6.40. The summed E-state index contributed by atoms with van der Waals surface area (Å²) in [7, 11) is 0. The Hall–Kier alpha value is -3.46. The van der Waals surface area contributed by atoms with E-state index in [9.17, 15) is 14.4 Å². The monoisotopic (exact) mass is 450 g/mol. The highest BCUT2D eigenvalue weighted by Crippen LogP contribution is 2.41. The van der Waals surface area contributed by atoms with E-state index in [4.69, 9.17) is 4.74 Å². The summed E-state index contributed by atoms with van der Waals surface area (Å²) in [4.78, 5) is 44.3. The average Bonchev–Trinajstić information content (AvgIpc) is 3.48. The number of hydrogen-bond donors (Lipinski definition) is 2. The molecule has 8 nitrogen and oxygen atoms in total. The standard InChI is InChI=1S/C23H22N4O4S/c1-2-31-14-9-10-17-18(11-14)32-23(25-17)26-19(28)12-24-21(29)20-15-5-3-4-6-16(15)22(30)27(20)13-7-8-13/h3-6,9-11,13,20H,2,7-8,12H2,1H3,(H,24,29)(H,25,26,28)/t20-/m1/s1. The van der Waals surface area contributed by atoms with Crippen LogP contribution in [-0.4, -0.2) is 46.8 Å². The van der Waals surface area contributed by atoms with Crippen LogP contribution in [0.4, 0.5) is 5.13 Å². The van der Waals surface area contributed by atoms with E-state index in [1.807, 2.05) is 31.2 Å². The van der Waals surface area contributed by atoms with E-state index in [0.29, 0.717) is 22.9 Å². The van der Waals surface area contributed by atoms with Gasteiger partial charge in [0.2, 0.25) is 11.8 Å². The first-order chi connectivity index (χ1) is 15.5. The fourth-order valence-corrected chi connectivity index (χ4v) is 4.89. The second-order valence-electron chi connectivity index (χ2n) is 7.78. The molecule has 1 atom stereocenters. The largest absolute Gasteiger partial charge is 0.494 e. The molecular formula is C23H22N4O4S. The molecule has 3 aromatic rings. The predicted octanol–water partition coefficient (Wildman–Crippen LogP) is 3.11. The SMILES string of the molecule is CCOc1ccc2nc(NC(=O)CNC(=O)[C@H]3c4ccccc4C(=O)N3C3CC3)sc2c1. The van der Waals surface area contributed by atoms with Crippen LogP contribution < -0.4 is 15.4 Å². The molecule has 0 saturated heterocycles. The highest BCUT2D eigenvalue weighted by Gasteiger charge is 2.47. The van der Waals surface area contributed by atoms with Crippen molar-refractivity contribution in [1.82, 2.24) is 15.2 Å². The van der Waals surface area contributed by atoms with E-state index in [1.165, 1.54) is 11.3 Å². The van der Waals surface area contributed by atoms with Gasteiger partial charge in [-0.05, 0) is 49.6 Å². The number of benzene rings is 2. The molecule has 1 aromatic heterocycles. The van der Waals surface area contributed by atoms with Crippen molar-refractivity contribution in [3.05, 3.63) is 53.6 Å². The number of hydrogen-bond acceptors (Lipinski definition) is 6. The molecule has 0 bridgehead atoms. The summed E-state index contributed by atoms with van der Waals surface area (Å²) in [6.45, 7) is 2.29. The first kappa shape index (κ1) is 20.4. The molecule has 1 aliphatic heterocycles. The van der Waals surface area contributed by atoms with Crippen molar-refractivity contribution in [3.8, 4) is 5.75 Å². The van der Waals surface area contributed by atoms with Crippen molar-refractivity contribution in [2.75, 3.05) is 18.5 Å². The molecule has 2 aromatic carbocycles. The molecule has 0 radical (unpaired) electrons. The number of carbonyl (C=O) groups excluding carboxylic acids is 3. The fraction of sp³-hybridized carbons (Fsp3) is 0.304. The Bertz CT molecular complexity index is 1220. The van der Waals surface area contributed by atoms with Crippen LogP contribution in [0.3, 0.4) is 0 Å². The van der Waals surface area contributed by atoms with Crippen LogP contribution in [0.5, 0.6) is 5.75 Å². The third-order valence-electron chi connectivity index (χ3n) is 5.53. The molecule has 2 heterocycles. The van der Waals surface area contributed by atoms with Crippen LogP contribution in [0.2, 0.25) is 0 Å². The van der Waals surface area contributed by atoms with Crippen LogP contribution in [0.15, 0.2) is 42.5 Å². The molecule has 164 valence electrons. The molecule has 1 saturated carbocycles. The molecule has 32 heavy (non-hydrogen) atoms. The Labute approximate surface area is 188 Å². The van der Waals surface area contributed by atoms with Crippen molar-refractivity contribution >= 4 is 44.4 Å². The van der Waals surface area contributed by atoms with Crippen LogP contribution in [0.25, 0.3) is 10.2 Å². The second-order valence-corrected chi connectivity index (χ2v) is 8.81. The minimum Gasteiger partial charge on any atom is -0.494 e. The lowest BCUT2D eigenvalue weighted by Crippen LogP contribution is -2.42. The molecule has 2 aliphatic rings. The van der Waals surface area contributed by atoms with Gasteiger partial charge >= 0.3 is 0 Å². The number of ether oxygens (including phenoxy) is 1. The van der Waals surface area contributed by atoms with Gasteiger partial charge in [-0.15, -0.1) is 0 Å². The number of fused-ring (bicyclic) bond motifs is 2. The van der Waals surface area contributed by atoms with Gasteiger partial charge < -0.3 is 20.3 Å². The number of aromatic nitrogens is 1. The first-order valence-electron chi connectivity index (χ1n) is 10.6. The number of rotatable bonds is 7. The van der Waals surface area contributed by atoms with E-state index in [-0.39, 0.29) is 30.3 Å². The van der Waals surface area contributed by atoms with E-state index in [1.54, 1.807) is 23.1 Å². The summed E-state index contributed by atoms with van der Waals surface area (Å²) in [5.41, 5.74) is 2.02. The zero-order chi connectivity index (χ0) is 22.2. The summed E-state index contributed by atoms with van der Waals surface area (Å²) >= 11 is 1.34. The van der Waals surface area contributed by atoms with Crippen molar-refractivity contribution < 1.29 is 19.1 Å². The minimum absolute atomic E-state index is 0.0869. The number of nitrogens with zero attached hydrogens (tertiary/aromatic N) is 2. The Kier molecular flexibility index (Phi) is 5.26. The van der Waals surface area contributed by atoms with Gasteiger partial charge in [0.25, 0.3) is 5.91 Å². The van der Waals surface area contributed by atoms with Gasteiger partial charge in [0.05, 0.1) is 23.4 Å². The number of amides is 3. The van der Waals surface area contributed by atoms with E-state index >= 15 is 0 Å². The topological polar surface area (TPSA) is 101 Å². The normalized spacial score (nSPS) is 17.3. The van der Waals surface area contributed by atoms with Crippen molar-refractivity contribution in [1.29, 1.82) is 0 Å². The Morgan fingerprint density at radius 1 is 1.22 bits per heavy atom. The summed E-state index contributed by atoms with van der Waals surface area (Å²) in [5.74, 6) is -0.0944. The van der Waals surface area contributed by atoms with Gasteiger partial charge in [0.1, 0.15) is 11.8 Å².